The van der Waals surface area contributed by atoms with Gasteiger partial charge in [0.2, 0.25) is 5.91 Å². The van der Waals surface area contributed by atoms with E-state index >= 15 is 0 Å². The highest BCUT2D eigenvalue weighted by Gasteiger charge is 2.38. The van der Waals surface area contributed by atoms with Crippen LogP contribution in [0.1, 0.15) is 5.56 Å². The predicted molar refractivity (Wildman–Crippen MR) is 116 cm³/mol. The summed E-state index contributed by atoms with van der Waals surface area (Å²) in [5, 5.41) is 14.1. The molecule has 0 unspecified atom stereocenters. The molecule has 0 bridgehead atoms. The average molecular weight is 540 g/mol. The van der Waals surface area contributed by atoms with E-state index in [1.807, 2.05) is 0 Å². The van der Waals surface area contributed by atoms with Crippen LogP contribution in [-0.4, -0.2) is 36.7 Å². The van der Waals surface area contributed by atoms with Crippen molar-refractivity contribution in [3.63, 3.8) is 0 Å². The first kappa shape index (κ1) is 27.0. The lowest BCUT2D eigenvalue weighted by Gasteiger charge is -2.08. The number of anilines is 2. The minimum Gasteiger partial charge on any atom is -0.475 e. The molecular weight excluding hydrogens is 526 g/mol. The molecule has 2 aromatic carbocycles. The largest absolute Gasteiger partial charge is 0.490 e. The second-order valence-corrected chi connectivity index (χ2v) is 8.79. The molecule has 0 saturated carbocycles. The number of amides is 1. The molecule has 3 rings (SSSR count). The molecule has 0 fully saturated rings. The van der Waals surface area contributed by atoms with Gasteiger partial charge >= 0.3 is 12.1 Å². The Labute approximate surface area is 200 Å². The molecule has 0 atom stereocenters. The van der Waals surface area contributed by atoms with E-state index < -0.39 is 22.2 Å². The monoisotopic (exact) mass is 539 g/mol. The number of aliphatic carboxylic acids is 1. The fourth-order valence-electron chi connectivity index (χ4n) is 2.22. The maximum Gasteiger partial charge on any atom is 0.490 e. The smallest absolute Gasteiger partial charge is 0.475 e. The highest BCUT2D eigenvalue weighted by atomic mass is 35.5. The Bertz CT molecular complexity index is 1250. The van der Waals surface area contributed by atoms with E-state index in [1.54, 1.807) is 18.2 Å². The van der Waals surface area contributed by atoms with Crippen LogP contribution in [0.2, 0.25) is 10.0 Å². The fraction of sp³-hybridized carbons (Fsp3) is 0.105. The van der Waals surface area contributed by atoms with Crippen molar-refractivity contribution in [3.05, 3.63) is 70.4 Å². The quantitative estimate of drug-likeness (QED) is 0.416. The van der Waals surface area contributed by atoms with Crippen molar-refractivity contribution in [1.29, 1.82) is 0 Å². The number of nitrogens with zero attached hydrogens (tertiary/aromatic N) is 1. The molecule has 3 aromatic rings. The van der Waals surface area contributed by atoms with E-state index in [-0.39, 0.29) is 23.0 Å². The molecule has 15 heteroatoms. The Hall–Kier alpha value is -3.29. The Morgan fingerprint density at radius 2 is 1.65 bits per heavy atom. The molecule has 1 heterocycles. The Morgan fingerprint density at radius 3 is 2.15 bits per heavy atom. The second kappa shape index (κ2) is 11.2. The summed E-state index contributed by atoms with van der Waals surface area (Å²) in [5.41, 5.74) is 1.17. The number of carboxylic acids is 1. The van der Waals surface area contributed by atoms with E-state index in [1.165, 1.54) is 36.6 Å². The maximum atomic E-state index is 12.2. The van der Waals surface area contributed by atoms with Gasteiger partial charge in [0, 0.05) is 11.8 Å². The number of sulfonamides is 1. The average Bonchev–Trinajstić information content (AvgIpc) is 3.23. The van der Waals surface area contributed by atoms with Crippen LogP contribution >= 0.6 is 23.2 Å². The zero-order valence-corrected chi connectivity index (χ0v) is 19.0. The SMILES string of the molecule is O=C(Cc1ccc(Cl)c(Cl)c1)Nc1ccc(S(=O)(=O)Nc2ccon2)cc1.O=C(O)C(F)(F)F. The van der Waals surface area contributed by atoms with E-state index in [9.17, 15) is 26.4 Å². The highest BCUT2D eigenvalue weighted by molar-refractivity contribution is 7.92. The van der Waals surface area contributed by atoms with Crippen molar-refractivity contribution in [3.8, 4) is 0 Å². The van der Waals surface area contributed by atoms with Crippen LogP contribution in [0.5, 0.6) is 0 Å². The van der Waals surface area contributed by atoms with E-state index in [0.717, 1.165) is 0 Å². The number of halogens is 5. The van der Waals surface area contributed by atoms with Gasteiger partial charge in [-0.1, -0.05) is 34.4 Å². The van der Waals surface area contributed by atoms with Gasteiger partial charge in [-0.3, -0.25) is 9.52 Å². The number of carbonyl (C=O) groups is 2. The first-order valence-corrected chi connectivity index (χ1v) is 11.1. The number of carboxylic acid groups (broad SMARTS) is 1. The predicted octanol–water partition coefficient (Wildman–Crippen LogP) is 4.60. The van der Waals surface area contributed by atoms with Gasteiger partial charge in [0.05, 0.1) is 21.4 Å². The highest BCUT2D eigenvalue weighted by Crippen LogP contribution is 2.23. The molecule has 1 aromatic heterocycles. The van der Waals surface area contributed by atoms with Crippen molar-refractivity contribution in [1.82, 2.24) is 5.16 Å². The van der Waals surface area contributed by atoms with Crippen LogP contribution < -0.4 is 10.0 Å². The molecule has 0 spiro atoms. The standard InChI is InChI=1S/C17H13Cl2N3O4S.C2HF3O2/c18-14-6-1-11(9-15(14)19)10-17(23)20-12-2-4-13(5-3-12)27(24,25)22-16-7-8-26-21-16;3-2(4,5)1(6)7/h1-9H,10H2,(H,20,23)(H,21,22);(H,6,7). The molecule has 0 aliphatic rings. The first-order valence-electron chi connectivity index (χ1n) is 8.85. The summed E-state index contributed by atoms with van der Waals surface area (Å²) in [6, 6.07) is 12.1. The van der Waals surface area contributed by atoms with Gasteiger partial charge in [-0.05, 0) is 42.0 Å². The lowest BCUT2D eigenvalue weighted by atomic mass is 10.1. The zero-order chi connectivity index (χ0) is 25.5. The number of alkyl halides is 3. The molecule has 0 aliphatic heterocycles. The van der Waals surface area contributed by atoms with E-state index in [2.05, 4.69) is 19.7 Å². The van der Waals surface area contributed by atoms with Crippen molar-refractivity contribution in [2.45, 2.75) is 17.5 Å². The number of aromatic nitrogens is 1. The molecule has 1 amide bonds. The summed E-state index contributed by atoms with van der Waals surface area (Å²) in [7, 11) is -3.80. The van der Waals surface area contributed by atoms with E-state index in [4.69, 9.17) is 33.1 Å². The zero-order valence-electron chi connectivity index (χ0n) is 16.6. The molecule has 0 saturated heterocycles. The van der Waals surface area contributed by atoms with Gasteiger partial charge in [-0.15, -0.1) is 0 Å². The minimum atomic E-state index is -5.08. The third kappa shape index (κ3) is 8.24. The summed E-state index contributed by atoms with van der Waals surface area (Å²) < 4.78 is 63.1. The molecule has 34 heavy (non-hydrogen) atoms. The number of carbonyl (C=O) groups excluding carboxylic acids is 1. The molecule has 9 nitrogen and oxygen atoms in total. The number of rotatable bonds is 6. The van der Waals surface area contributed by atoms with Crippen LogP contribution in [0.3, 0.4) is 0 Å². The summed E-state index contributed by atoms with van der Waals surface area (Å²) in [6.45, 7) is 0. The summed E-state index contributed by atoms with van der Waals surface area (Å²) in [4.78, 5) is 21.1. The number of benzene rings is 2. The molecule has 0 aliphatic carbocycles. The van der Waals surface area contributed by atoms with Crippen molar-refractivity contribution in [2.24, 2.45) is 0 Å². The first-order chi connectivity index (χ1) is 15.8. The van der Waals surface area contributed by atoms with Crippen molar-refractivity contribution < 1.29 is 40.8 Å². The topological polar surface area (TPSA) is 139 Å². The Morgan fingerprint density at radius 1 is 1.03 bits per heavy atom. The van der Waals surface area contributed by atoms with Gasteiger partial charge in [-0.2, -0.15) is 13.2 Å². The van der Waals surface area contributed by atoms with Crippen LogP contribution in [-0.2, 0) is 26.0 Å². The number of hydrogen-bond donors (Lipinski definition) is 3. The Balaban J connectivity index is 0.000000509. The molecule has 3 N–H and O–H groups in total. The molecule has 182 valence electrons. The lowest BCUT2D eigenvalue weighted by molar-refractivity contribution is -0.192. The Kier molecular flexibility index (Phi) is 8.90. The van der Waals surface area contributed by atoms with Gasteiger partial charge in [0.15, 0.2) is 5.82 Å². The normalized spacial score (nSPS) is 11.2. The third-order valence-corrected chi connectivity index (χ3v) is 5.83. The van der Waals surface area contributed by atoms with E-state index in [0.29, 0.717) is 21.3 Å². The number of hydrogen-bond acceptors (Lipinski definition) is 6. The fourth-order valence-corrected chi connectivity index (χ4v) is 3.53. The summed E-state index contributed by atoms with van der Waals surface area (Å²) in [6.07, 6.45) is -3.73. The van der Waals surface area contributed by atoms with Crippen LogP contribution in [0.4, 0.5) is 24.7 Å². The van der Waals surface area contributed by atoms with Crippen LogP contribution in [0, 0.1) is 0 Å². The molecule has 0 radical (unpaired) electrons. The van der Waals surface area contributed by atoms with Gasteiger partial charge < -0.3 is 14.9 Å². The van der Waals surface area contributed by atoms with Crippen LogP contribution in [0.15, 0.2) is 64.2 Å². The summed E-state index contributed by atoms with van der Waals surface area (Å²) in [5.74, 6) is -2.95. The minimum absolute atomic E-state index is 0.0213. The summed E-state index contributed by atoms with van der Waals surface area (Å²) >= 11 is 11.8. The van der Waals surface area contributed by atoms with Gasteiger partial charge in [0.1, 0.15) is 6.26 Å². The van der Waals surface area contributed by atoms with Crippen molar-refractivity contribution >= 4 is 56.6 Å². The number of nitrogens with one attached hydrogen (secondary N) is 2. The van der Waals surface area contributed by atoms with Crippen molar-refractivity contribution in [2.75, 3.05) is 10.0 Å². The van der Waals surface area contributed by atoms with Gasteiger partial charge in [-0.25, -0.2) is 13.2 Å². The second-order valence-electron chi connectivity index (χ2n) is 6.29. The van der Waals surface area contributed by atoms with Gasteiger partial charge in [0.25, 0.3) is 10.0 Å². The molecular formula is C19H14Cl2F3N3O6S. The third-order valence-electron chi connectivity index (χ3n) is 3.72. The lowest BCUT2D eigenvalue weighted by Crippen LogP contribution is -2.21. The maximum absolute atomic E-state index is 12.2. The van der Waals surface area contributed by atoms with Crippen LogP contribution in [0.25, 0.3) is 0 Å².